The molecule has 1 saturated heterocycles. The highest BCUT2D eigenvalue weighted by atomic mass is 32.1. The van der Waals surface area contributed by atoms with Crippen molar-refractivity contribution in [3.05, 3.63) is 63.6 Å². The quantitative estimate of drug-likeness (QED) is 0.444. The van der Waals surface area contributed by atoms with Crippen LogP contribution in [0.1, 0.15) is 25.9 Å². The Kier molecular flexibility index (Phi) is 6.01. The highest BCUT2D eigenvalue weighted by Gasteiger charge is 2.24. The van der Waals surface area contributed by atoms with E-state index in [1.54, 1.807) is 29.3 Å². The number of aromatic nitrogens is 2. The Hall–Kier alpha value is -3.74. The van der Waals surface area contributed by atoms with E-state index in [0.29, 0.717) is 29.4 Å². The molecule has 4 aromatic rings. The summed E-state index contributed by atoms with van der Waals surface area (Å²) in [7, 11) is 1.63. The van der Waals surface area contributed by atoms with Crippen LogP contribution in [0.2, 0.25) is 0 Å². The zero-order valence-corrected chi connectivity index (χ0v) is 20.1. The van der Waals surface area contributed by atoms with Gasteiger partial charge in [0.15, 0.2) is 5.01 Å². The molecule has 0 unspecified atom stereocenters. The van der Waals surface area contributed by atoms with Gasteiger partial charge < -0.3 is 15.1 Å². The number of benzene rings is 2. The van der Waals surface area contributed by atoms with E-state index in [1.165, 1.54) is 11.3 Å². The summed E-state index contributed by atoms with van der Waals surface area (Å²) in [5.41, 5.74) is 6.76. The van der Waals surface area contributed by atoms with Gasteiger partial charge in [-0.25, -0.2) is 9.97 Å². The molecule has 1 N–H and O–H groups in total. The first-order valence-electron chi connectivity index (χ1n) is 10.7. The first-order valence-corrected chi connectivity index (χ1v) is 12.5. The van der Waals surface area contributed by atoms with Gasteiger partial charge in [0.25, 0.3) is 11.8 Å². The molecule has 5 rings (SSSR count). The van der Waals surface area contributed by atoms with Gasteiger partial charge in [-0.2, -0.15) is 0 Å². The van der Waals surface area contributed by atoms with E-state index < -0.39 is 0 Å². The largest absolute Gasteiger partial charge is 0.368 e. The Bertz CT molecular complexity index is 1410. The third kappa shape index (κ3) is 4.14. The third-order valence-corrected chi connectivity index (χ3v) is 7.53. The molecule has 9 heteroatoms. The first kappa shape index (κ1) is 22.1. The lowest BCUT2D eigenvalue weighted by molar-refractivity contribution is 0.0741. The second-order valence-corrected chi connectivity index (χ2v) is 9.52. The molecule has 1 aliphatic rings. The second kappa shape index (κ2) is 9.25. The molecule has 1 fully saturated rings. The molecule has 0 aliphatic carbocycles. The monoisotopic (exact) mass is 487 g/mol. The predicted molar refractivity (Wildman–Crippen MR) is 137 cm³/mol. The van der Waals surface area contributed by atoms with Gasteiger partial charge in [0.05, 0.1) is 15.7 Å². The van der Waals surface area contributed by atoms with Crippen molar-refractivity contribution in [1.29, 1.82) is 0 Å². The second-order valence-electron chi connectivity index (χ2n) is 7.81. The molecule has 2 aromatic carbocycles. The normalized spacial score (nSPS) is 13.6. The molecular formula is C25H21N5O2S2. The van der Waals surface area contributed by atoms with Crippen molar-refractivity contribution in [3.8, 4) is 23.5 Å². The molecule has 2 aromatic heterocycles. The molecule has 0 saturated carbocycles. The summed E-state index contributed by atoms with van der Waals surface area (Å²) in [6, 6.07) is 12.1. The summed E-state index contributed by atoms with van der Waals surface area (Å²) in [5, 5.41) is 4.94. The minimum atomic E-state index is -0.131. The van der Waals surface area contributed by atoms with E-state index in [1.807, 2.05) is 17.0 Å². The van der Waals surface area contributed by atoms with Crippen LogP contribution < -0.4 is 10.2 Å². The van der Waals surface area contributed by atoms with E-state index in [0.717, 1.165) is 40.1 Å². The van der Waals surface area contributed by atoms with Crippen LogP contribution in [-0.4, -0.2) is 59.9 Å². The van der Waals surface area contributed by atoms with Crippen LogP contribution >= 0.6 is 22.7 Å². The number of carbonyl (C=O) groups excluding carboxylic acids is 2. The minimum absolute atomic E-state index is 0.0719. The Balaban J connectivity index is 1.31. The Morgan fingerprint density at radius 2 is 1.85 bits per heavy atom. The zero-order valence-electron chi connectivity index (χ0n) is 18.4. The number of rotatable bonds is 4. The van der Waals surface area contributed by atoms with Gasteiger partial charge in [0.1, 0.15) is 5.69 Å². The summed E-state index contributed by atoms with van der Waals surface area (Å²) in [4.78, 5) is 37.6. The predicted octanol–water partition coefficient (Wildman–Crippen LogP) is 3.72. The highest BCUT2D eigenvalue weighted by molar-refractivity contribution is 7.17. The molecule has 34 heavy (non-hydrogen) atoms. The molecule has 2 amide bonds. The SMILES string of the molecule is C#Cc1nc(C(=O)N2CCN(c3ccc(-c4cc(C(=O)NC)cc5ncsc45)cc3)CC2)cs1. The smallest absolute Gasteiger partial charge is 0.273 e. The van der Waals surface area contributed by atoms with Crippen LogP contribution in [-0.2, 0) is 0 Å². The lowest BCUT2D eigenvalue weighted by Crippen LogP contribution is -2.48. The lowest BCUT2D eigenvalue weighted by Gasteiger charge is -2.36. The average Bonchev–Trinajstić information content (AvgIpc) is 3.57. The van der Waals surface area contributed by atoms with Gasteiger partial charge in [-0.1, -0.05) is 12.1 Å². The molecule has 0 atom stereocenters. The molecular weight excluding hydrogens is 466 g/mol. The Labute approximate surface area is 205 Å². The number of amides is 2. The lowest BCUT2D eigenvalue weighted by atomic mass is 10.0. The van der Waals surface area contributed by atoms with Crippen LogP contribution in [0.25, 0.3) is 21.3 Å². The van der Waals surface area contributed by atoms with E-state index in [2.05, 4.69) is 50.4 Å². The molecule has 0 radical (unpaired) electrons. The average molecular weight is 488 g/mol. The summed E-state index contributed by atoms with van der Waals surface area (Å²) in [6.07, 6.45) is 5.37. The van der Waals surface area contributed by atoms with Crippen LogP contribution in [0, 0.1) is 12.3 Å². The van der Waals surface area contributed by atoms with Crippen LogP contribution in [0.3, 0.4) is 0 Å². The number of nitrogens with zero attached hydrogens (tertiary/aromatic N) is 4. The maximum Gasteiger partial charge on any atom is 0.273 e. The number of fused-ring (bicyclic) bond motifs is 1. The molecule has 0 spiro atoms. The van der Waals surface area contributed by atoms with Gasteiger partial charge in [-0.3, -0.25) is 9.59 Å². The Morgan fingerprint density at radius 1 is 1.09 bits per heavy atom. The summed E-state index contributed by atoms with van der Waals surface area (Å²) < 4.78 is 1.06. The van der Waals surface area contributed by atoms with Gasteiger partial charge in [-0.15, -0.1) is 29.1 Å². The summed E-state index contributed by atoms with van der Waals surface area (Å²) in [5.74, 6) is 2.27. The van der Waals surface area contributed by atoms with Crippen molar-refractivity contribution in [2.75, 3.05) is 38.1 Å². The Morgan fingerprint density at radius 3 is 2.53 bits per heavy atom. The van der Waals surface area contributed by atoms with E-state index >= 15 is 0 Å². The van der Waals surface area contributed by atoms with Crippen LogP contribution in [0.15, 0.2) is 47.3 Å². The molecule has 170 valence electrons. The number of thiazole rings is 2. The van der Waals surface area contributed by atoms with Crippen molar-refractivity contribution in [1.82, 2.24) is 20.2 Å². The topological polar surface area (TPSA) is 78.4 Å². The van der Waals surface area contributed by atoms with Gasteiger partial charge in [0, 0.05) is 55.4 Å². The maximum absolute atomic E-state index is 12.7. The number of terminal acetylenes is 1. The first-order chi connectivity index (χ1) is 16.6. The van der Waals surface area contributed by atoms with Crippen LogP contribution in [0.5, 0.6) is 0 Å². The summed E-state index contributed by atoms with van der Waals surface area (Å²) >= 11 is 2.88. The number of nitrogens with one attached hydrogen (secondary N) is 1. The maximum atomic E-state index is 12.7. The standard InChI is InChI=1S/C25H21N5O2S2/c1-3-22-28-21(14-33-22)25(32)30-10-8-29(9-11-30)18-6-4-16(5-7-18)19-12-17(24(31)26-2)13-20-23(19)34-15-27-20/h1,4-7,12-15H,8-11H2,2H3,(H,26,31). The third-order valence-electron chi connectivity index (χ3n) is 5.88. The summed E-state index contributed by atoms with van der Waals surface area (Å²) in [6.45, 7) is 2.73. The number of piperazine rings is 1. The molecule has 0 bridgehead atoms. The fourth-order valence-corrected chi connectivity index (χ4v) is 5.48. The van der Waals surface area contributed by atoms with Crippen molar-refractivity contribution < 1.29 is 9.59 Å². The van der Waals surface area contributed by atoms with Crippen molar-refractivity contribution >= 4 is 50.4 Å². The van der Waals surface area contributed by atoms with Gasteiger partial charge >= 0.3 is 0 Å². The molecule has 1 aliphatic heterocycles. The highest BCUT2D eigenvalue weighted by Crippen LogP contribution is 2.34. The zero-order chi connectivity index (χ0) is 23.7. The van der Waals surface area contributed by atoms with Crippen molar-refractivity contribution in [2.45, 2.75) is 0 Å². The van der Waals surface area contributed by atoms with E-state index in [-0.39, 0.29) is 11.8 Å². The molecule has 3 heterocycles. The van der Waals surface area contributed by atoms with Gasteiger partial charge in [0.2, 0.25) is 0 Å². The van der Waals surface area contributed by atoms with Crippen LogP contribution in [0.4, 0.5) is 5.69 Å². The fraction of sp³-hybridized carbons (Fsp3) is 0.200. The number of hydrogen-bond donors (Lipinski definition) is 1. The number of anilines is 1. The fourth-order valence-electron chi connectivity index (χ4n) is 4.08. The number of hydrogen-bond acceptors (Lipinski definition) is 7. The van der Waals surface area contributed by atoms with E-state index in [9.17, 15) is 9.59 Å². The molecule has 7 nitrogen and oxygen atoms in total. The van der Waals surface area contributed by atoms with Crippen molar-refractivity contribution in [2.24, 2.45) is 0 Å². The number of carbonyl (C=O) groups is 2. The van der Waals surface area contributed by atoms with E-state index in [4.69, 9.17) is 6.42 Å². The van der Waals surface area contributed by atoms with Gasteiger partial charge in [-0.05, 0) is 35.7 Å². The minimum Gasteiger partial charge on any atom is -0.368 e. The van der Waals surface area contributed by atoms with Crippen molar-refractivity contribution in [3.63, 3.8) is 0 Å².